The van der Waals surface area contributed by atoms with Gasteiger partial charge in [0, 0.05) is 6.42 Å². The van der Waals surface area contributed by atoms with Crippen molar-refractivity contribution in [3.63, 3.8) is 0 Å². The molecule has 9 heavy (non-hydrogen) atoms. The van der Waals surface area contributed by atoms with E-state index in [-0.39, 0.29) is 11.7 Å². The second-order valence-corrected chi connectivity index (χ2v) is 1.72. The number of hydrogen-bond donors (Lipinski definition) is 0. The topological polar surface area (TPSA) is 17.1 Å². The van der Waals surface area contributed by atoms with Gasteiger partial charge in [0.2, 0.25) is 0 Å². The van der Waals surface area contributed by atoms with Crippen LogP contribution in [0, 0.1) is 12.8 Å². The number of halogens is 1. The molecule has 0 spiro atoms. The van der Waals surface area contributed by atoms with Gasteiger partial charge in [-0.05, 0) is 0 Å². The van der Waals surface area contributed by atoms with Gasteiger partial charge in [-0.2, -0.15) is 0 Å². The van der Waals surface area contributed by atoms with Gasteiger partial charge in [0.1, 0.15) is 5.78 Å². The van der Waals surface area contributed by atoms with Gasteiger partial charge in [-0.1, -0.05) is 13.8 Å². The molecule has 0 aromatic carbocycles. The quantitative estimate of drug-likeness (QED) is 0.538. The molecule has 0 saturated carbocycles. The maximum atomic E-state index is 10.4. The van der Waals surface area contributed by atoms with Gasteiger partial charge in [-0.3, -0.25) is 0 Å². The third-order valence-electron chi connectivity index (χ3n) is 0.898. The summed E-state index contributed by atoms with van der Waals surface area (Å²) in [5.41, 5.74) is 0. The van der Waals surface area contributed by atoms with Crippen molar-refractivity contribution in [1.82, 2.24) is 0 Å². The van der Waals surface area contributed by atoms with Crippen LogP contribution in [0.2, 0.25) is 0 Å². The molecule has 3 heteroatoms. The van der Waals surface area contributed by atoms with Crippen LogP contribution < -0.4 is 0 Å². The number of carbonyl (C=O) groups excluding carboxylic acids is 1. The van der Waals surface area contributed by atoms with Crippen molar-refractivity contribution >= 4 is 19.4 Å². The van der Waals surface area contributed by atoms with E-state index in [2.05, 4.69) is 20.5 Å². The average Bonchev–Trinajstić information content (AvgIpc) is 1.91. The molecule has 0 radical (unpaired) electrons. The Morgan fingerprint density at radius 2 is 2.11 bits per heavy atom. The summed E-state index contributed by atoms with van der Waals surface area (Å²) in [6.45, 7) is 7.22. The van der Waals surface area contributed by atoms with Crippen LogP contribution in [0.1, 0.15) is 20.3 Å². The summed E-state index contributed by atoms with van der Waals surface area (Å²) in [5.74, 6) is 0.213. The van der Waals surface area contributed by atoms with E-state index in [1.165, 1.54) is 16.3 Å². The summed E-state index contributed by atoms with van der Waals surface area (Å²) < 4.78 is 0. The summed E-state index contributed by atoms with van der Waals surface area (Å²) >= 11 is 4.25. The fourth-order valence-corrected chi connectivity index (χ4v) is 0.348. The van der Waals surface area contributed by atoms with Crippen LogP contribution in [0.15, 0.2) is 0 Å². The molecule has 50 valence electrons. The zero-order chi connectivity index (χ0) is 7.86. The first-order valence-electron chi connectivity index (χ1n) is 2.81. The van der Waals surface area contributed by atoms with Crippen molar-refractivity contribution in [2.24, 2.45) is 5.92 Å². The Morgan fingerprint density at radius 3 is 2.11 bits per heavy atom. The molecule has 0 bridgehead atoms. The Bertz CT molecular complexity index is 73.5. The van der Waals surface area contributed by atoms with Crippen LogP contribution in [0.3, 0.4) is 0 Å². The summed E-state index contributed by atoms with van der Waals surface area (Å²) in [5, 5.41) is 0. The minimum atomic E-state index is -0.0231. The molecule has 1 atom stereocenters. The molecule has 0 aromatic rings. The summed E-state index contributed by atoms with van der Waals surface area (Å²) in [7, 11) is 0. The molecule has 0 N–H and O–H groups in total. The zero-order valence-corrected chi connectivity index (χ0v) is 10.5. The predicted molar refractivity (Wildman–Crippen MR) is 38.7 cm³/mol. The number of hydrogen-bond acceptors (Lipinski definition) is 1. The Balaban J connectivity index is 0. The van der Waals surface area contributed by atoms with Crippen LogP contribution in [-0.4, -0.2) is 5.78 Å². The first kappa shape index (κ1) is 12.4. The molecule has 0 aromatic heterocycles. The Kier molecular flexibility index (Phi) is 12.1. The Morgan fingerprint density at radius 1 is 1.78 bits per heavy atom. The molecule has 0 amide bonds. The minimum absolute atomic E-state index is 0.0231. The molecule has 0 fully saturated rings. The van der Waals surface area contributed by atoms with E-state index in [1.807, 2.05) is 13.8 Å². The molecular weight excluding hydrogens is 233 g/mol. The summed E-state index contributed by atoms with van der Waals surface area (Å²) in [6.07, 6.45) is 0.616. The van der Waals surface area contributed by atoms with Crippen molar-refractivity contribution in [3.05, 3.63) is 6.92 Å². The van der Waals surface area contributed by atoms with E-state index in [9.17, 15) is 4.79 Å². The van der Waals surface area contributed by atoms with Crippen molar-refractivity contribution in [2.45, 2.75) is 20.3 Å². The zero-order valence-electron chi connectivity index (χ0n) is 5.98. The van der Waals surface area contributed by atoms with E-state index >= 15 is 0 Å². The van der Waals surface area contributed by atoms with Gasteiger partial charge in [-0.15, -0.1) is 5.92 Å². The van der Waals surface area contributed by atoms with E-state index in [1.54, 1.807) is 0 Å². The first-order valence-corrected chi connectivity index (χ1v) is 9.76. The normalized spacial score (nSPS) is 11.3. The van der Waals surface area contributed by atoms with Gasteiger partial charge < -0.3 is 11.7 Å². The second kappa shape index (κ2) is 8.77. The molecule has 0 aliphatic carbocycles. The Labute approximate surface area is 73.6 Å². The predicted octanol–water partition coefficient (Wildman–Crippen LogP) is 2.28. The standard InChI is InChI=1S/C6H11O.BrH.Zn/c1-4-6(7)5(2)3;;/h5H,2,4H2,1,3H3;1H;/q-1;;+2/p-1/t5-;;/m1../s1. The monoisotopic (exact) mass is 242 g/mol. The average molecular weight is 244 g/mol. The van der Waals surface area contributed by atoms with Crippen LogP contribution >= 0.6 is 13.6 Å². The molecule has 0 rings (SSSR count). The number of Topliss-reactive ketones (excluding diaryl/α,β-unsaturated/α-hetero) is 1. The summed E-state index contributed by atoms with van der Waals surface area (Å²) in [4.78, 5) is 10.4. The molecular formula is C6H11BrOZn. The van der Waals surface area contributed by atoms with Gasteiger partial charge in [-0.25, -0.2) is 0 Å². The van der Waals surface area contributed by atoms with Crippen molar-refractivity contribution in [3.8, 4) is 0 Å². The molecule has 0 heterocycles. The number of ketones is 1. The van der Waals surface area contributed by atoms with Gasteiger partial charge >= 0.3 is 30.0 Å². The Hall–Kier alpha value is 0.773. The van der Waals surface area contributed by atoms with Crippen LogP contribution in [0.4, 0.5) is 0 Å². The maximum absolute atomic E-state index is 10.4. The van der Waals surface area contributed by atoms with Crippen LogP contribution in [0.5, 0.6) is 0 Å². The molecule has 0 unspecified atom stereocenters. The fourth-order valence-electron chi connectivity index (χ4n) is 0.348. The van der Waals surface area contributed by atoms with E-state index in [4.69, 9.17) is 0 Å². The number of rotatable bonds is 2. The number of carbonyl (C=O) groups is 1. The van der Waals surface area contributed by atoms with Crippen LogP contribution in [0.25, 0.3) is 0 Å². The molecule has 0 aliphatic heterocycles. The molecule has 1 nitrogen and oxygen atoms in total. The van der Waals surface area contributed by atoms with Crippen LogP contribution in [-0.2, 0) is 21.1 Å². The van der Waals surface area contributed by atoms with E-state index < -0.39 is 0 Å². The van der Waals surface area contributed by atoms with Crippen molar-refractivity contribution in [2.75, 3.05) is 0 Å². The van der Waals surface area contributed by atoms with Crippen molar-refractivity contribution < 1.29 is 21.1 Å². The van der Waals surface area contributed by atoms with Crippen molar-refractivity contribution in [1.29, 1.82) is 0 Å². The third kappa shape index (κ3) is 8.77. The SMILES string of the molecule is [CH2-][C@H](C)C(=O)CC.[Zn+][Br]. The van der Waals surface area contributed by atoms with Gasteiger partial charge in [0.25, 0.3) is 0 Å². The summed E-state index contributed by atoms with van der Waals surface area (Å²) in [6, 6.07) is 0. The second-order valence-electron chi connectivity index (χ2n) is 1.72. The van der Waals surface area contributed by atoms with Gasteiger partial charge in [0.15, 0.2) is 0 Å². The molecule has 0 aliphatic rings. The molecule has 0 saturated heterocycles. The fraction of sp³-hybridized carbons (Fsp3) is 0.667. The van der Waals surface area contributed by atoms with Gasteiger partial charge in [0.05, 0.1) is 0 Å². The third-order valence-corrected chi connectivity index (χ3v) is 0.898. The van der Waals surface area contributed by atoms with E-state index in [0.717, 1.165) is 0 Å². The van der Waals surface area contributed by atoms with E-state index in [0.29, 0.717) is 6.42 Å². The first-order chi connectivity index (χ1) is 4.18.